The average Bonchev–Trinajstić information content (AvgIpc) is 3.00. The third kappa shape index (κ3) is 3.34. The largest absolute Gasteiger partial charge is 0.450 e. The Bertz CT molecular complexity index is 827. The fraction of sp³-hybridized carbons (Fsp3) is 0.792. The molecule has 31 heavy (non-hydrogen) atoms. The predicted octanol–water partition coefficient (Wildman–Crippen LogP) is 3.94. The molecule has 0 unspecified atom stereocenters. The fourth-order valence-corrected chi connectivity index (χ4v) is 8.32. The molecule has 0 saturated heterocycles. The molecule has 4 aliphatic carbocycles. The van der Waals surface area contributed by atoms with E-state index in [1.165, 1.54) is 17.3 Å². The zero-order valence-corrected chi connectivity index (χ0v) is 20.2. The van der Waals surface area contributed by atoms with E-state index in [1.807, 2.05) is 19.3 Å². The van der Waals surface area contributed by atoms with Crippen molar-refractivity contribution < 1.29 is 24.2 Å². The normalized spacial score (nSPS) is 44.0. The molecule has 5 nitrogen and oxygen atoms in total. The molecule has 7 heteroatoms. The summed E-state index contributed by atoms with van der Waals surface area (Å²) in [6, 6.07) is 0. The number of esters is 1. The highest BCUT2D eigenvalue weighted by Crippen LogP contribution is 2.68. The van der Waals surface area contributed by atoms with Crippen LogP contribution in [0.4, 0.5) is 0 Å². The zero-order chi connectivity index (χ0) is 22.6. The molecule has 3 saturated carbocycles. The van der Waals surface area contributed by atoms with Crippen molar-refractivity contribution in [3.63, 3.8) is 0 Å². The number of thioether (sulfide) groups is 1. The van der Waals surface area contributed by atoms with Gasteiger partial charge in [-0.15, -0.1) is 11.6 Å². The highest BCUT2D eigenvalue weighted by molar-refractivity contribution is 7.99. The van der Waals surface area contributed by atoms with Crippen LogP contribution in [0.15, 0.2) is 11.6 Å². The minimum absolute atomic E-state index is 0.0578. The van der Waals surface area contributed by atoms with E-state index in [9.17, 15) is 19.5 Å². The number of alkyl halides is 1. The third-order valence-corrected chi connectivity index (χ3v) is 9.91. The lowest BCUT2D eigenvalue weighted by molar-refractivity contribution is -0.198. The number of aliphatic hydroxyl groups excluding tert-OH is 1. The van der Waals surface area contributed by atoms with E-state index >= 15 is 0 Å². The molecule has 0 aromatic rings. The van der Waals surface area contributed by atoms with Crippen LogP contribution in [0.2, 0.25) is 0 Å². The highest BCUT2D eigenvalue weighted by Gasteiger charge is 2.70. The number of ketones is 2. The van der Waals surface area contributed by atoms with Crippen LogP contribution in [0.1, 0.15) is 58.8 Å². The minimum Gasteiger partial charge on any atom is -0.450 e. The second kappa shape index (κ2) is 8.18. The quantitative estimate of drug-likeness (QED) is 0.486. The Morgan fingerprint density at radius 1 is 1.26 bits per heavy atom. The van der Waals surface area contributed by atoms with E-state index in [2.05, 4.69) is 6.92 Å². The second-order valence-corrected chi connectivity index (χ2v) is 11.5. The van der Waals surface area contributed by atoms with Crippen LogP contribution in [-0.2, 0) is 19.1 Å². The standard InChI is InChI=1S/C24H33ClO5S/c1-22-8-6-15(26)10-14(22)4-5-16-17-7-9-24(19(28)12-25,30-20(29)13-31-3)23(17,2)11-18(27)21(16)22/h10,16-18,21,27H,4-9,11-13H2,1-3H3/t16-,17-,18-,21+,22-,23-,24-/m0/s1. The maximum absolute atomic E-state index is 13.2. The first-order valence-corrected chi connectivity index (χ1v) is 13.3. The number of rotatable bonds is 5. The van der Waals surface area contributed by atoms with Crippen LogP contribution in [0.3, 0.4) is 0 Å². The monoisotopic (exact) mass is 468 g/mol. The maximum atomic E-state index is 13.2. The van der Waals surface area contributed by atoms with Gasteiger partial charge in [-0.05, 0) is 74.0 Å². The van der Waals surface area contributed by atoms with Gasteiger partial charge in [-0.25, -0.2) is 0 Å². The first kappa shape index (κ1) is 23.3. The first-order valence-electron chi connectivity index (χ1n) is 11.3. The lowest BCUT2D eigenvalue weighted by atomic mass is 9.45. The van der Waals surface area contributed by atoms with Crippen molar-refractivity contribution in [1.29, 1.82) is 0 Å². The molecule has 0 amide bonds. The lowest BCUT2D eigenvalue weighted by Crippen LogP contribution is -2.63. The number of carbonyl (C=O) groups excluding carboxylic acids is 3. The molecule has 7 atom stereocenters. The highest BCUT2D eigenvalue weighted by atomic mass is 35.5. The number of carbonyl (C=O) groups is 3. The van der Waals surface area contributed by atoms with Crippen molar-refractivity contribution in [3.05, 3.63) is 11.6 Å². The molecule has 0 aromatic heterocycles. The topological polar surface area (TPSA) is 80.7 Å². The fourth-order valence-electron chi connectivity index (χ4n) is 7.81. The molecule has 0 spiro atoms. The van der Waals surface area contributed by atoms with Crippen molar-refractivity contribution in [2.75, 3.05) is 17.9 Å². The first-order chi connectivity index (χ1) is 14.6. The Hall–Kier alpha value is -0.850. The average molecular weight is 469 g/mol. The number of hydrogen-bond acceptors (Lipinski definition) is 6. The molecule has 3 fully saturated rings. The molecule has 4 rings (SSSR count). The Labute approximate surface area is 193 Å². The van der Waals surface area contributed by atoms with Crippen molar-refractivity contribution in [2.45, 2.75) is 70.5 Å². The smallest absolute Gasteiger partial charge is 0.316 e. The predicted molar refractivity (Wildman–Crippen MR) is 121 cm³/mol. The van der Waals surface area contributed by atoms with Gasteiger partial charge in [0.25, 0.3) is 0 Å². The third-order valence-electron chi connectivity index (χ3n) is 9.14. The van der Waals surface area contributed by atoms with E-state index < -0.39 is 23.1 Å². The van der Waals surface area contributed by atoms with Gasteiger partial charge in [0.2, 0.25) is 0 Å². The molecule has 0 heterocycles. The molecule has 1 N–H and O–H groups in total. The summed E-state index contributed by atoms with van der Waals surface area (Å²) < 4.78 is 5.98. The molecular formula is C24H33ClO5S. The molecule has 0 radical (unpaired) electrons. The SMILES string of the molecule is CSCC(=O)O[C@]1(C(=O)CCl)CC[C@H]2[C@@H]3CCC4=CC(=O)CC[C@]4(C)[C@H]3[C@@H](O)C[C@@]21C. The van der Waals surface area contributed by atoms with Crippen LogP contribution in [-0.4, -0.2) is 52.2 Å². The van der Waals surface area contributed by atoms with Crippen molar-refractivity contribution in [2.24, 2.45) is 28.6 Å². The summed E-state index contributed by atoms with van der Waals surface area (Å²) in [6.07, 6.45) is 7.73. The van der Waals surface area contributed by atoms with Gasteiger partial charge >= 0.3 is 5.97 Å². The van der Waals surface area contributed by atoms with Gasteiger partial charge in [0, 0.05) is 11.8 Å². The summed E-state index contributed by atoms with van der Waals surface area (Å²) in [5, 5.41) is 11.5. The van der Waals surface area contributed by atoms with Crippen molar-refractivity contribution >= 4 is 40.9 Å². The van der Waals surface area contributed by atoms with Crippen molar-refractivity contribution in [3.8, 4) is 0 Å². The van der Waals surface area contributed by atoms with Gasteiger partial charge in [0.05, 0.1) is 17.7 Å². The summed E-state index contributed by atoms with van der Waals surface area (Å²) >= 11 is 7.40. The van der Waals surface area contributed by atoms with Crippen LogP contribution in [0.5, 0.6) is 0 Å². The Balaban J connectivity index is 1.73. The Morgan fingerprint density at radius 3 is 2.68 bits per heavy atom. The zero-order valence-electron chi connectivity index (χ0n) is 18.6. The Morgan fingerprint density at radius 2 is 2.00 bits per heavy atom. The Kier molecular flexibility index (Phi) is 6.15. The summed E-state index contributed by atoms with van der Waals surface area (Å²) in [5.41, 5.74) is -0.914. The maximum Gasteiger partial charge on any atom is 0.316 e. The molecule has 4 aliphatic rings. The van der Waals surface area contributed by atoms with Gasteiger partial charge in [0.15, 0.2) is 17.2 Å². The summed E-state index contributed by atoms with van der Waals surface area (Å²) in [4.78, 5) is 37.8. The number of halogens is 1. The number of hydrogen-bond donors (Lipinski definition) is 1. The molecule has 172 valence electrons. The van der Waals surface area contributed by atoms with Crippen LogP contribution < -0.4 is 0 Å². The van der Waals surface area contributed by atoms with E-state index in [-0.39, 0.29) is 46.4 Å². The van der Waals surface area contributed by atoms with E-state index in [1.54, 1.807) is 0 Å². The number of aliphatic hydroxyl groups is 1. The van der Waals surface area contributed by atoms with Gasteiger partial charge < -0.3 is 9.84 Å². The van der Waals surface area contributed by atoms with E-state index in [0.717, 1.165) is 25.7 Å². The number of Topliss-reactive ketones (excluding diaryl/α,β-unsaturated/α-hetero) is 1. The van der Waals surface area contributed by atoms with Gasteiger partial charge in [-0.1, -0.05) is 19.4 Å². The number of fused-ring (bicyclic) bond motifs is 5. The summed E-state index contributed by atoms with van der Waals surface area (Å²) in [5.74, 6) is -0.00357. The summed E-state index contributed by atoms with van der Waals surface area (Å²) in [7, 11) is 0. The minimum atomic E-state index is -1.27. The molecule has 0 aromatic carbocycles. The number of ether oxygens (including phenoxy) is 1. The lowest BCUT2D eigenvalue weighted by Gasteiger charge is -2.60. The summed E-state index contributed by atoms with van der Waals surface area (Å²) in [6.45, 7) is 4.23. The van der Waals surface area contributed by atoms with E-state index in [0.29, 0.717) is 19.3 Å². The number of allylic oxidation sites excluding steroid dienone is 1. The van der Waals surface area contributed by atoms with E-state index in [4.69, 9.17) is 16.3 Å². The molecule has 0 aliphatic heterocycles. The van der Waals surface area contributed by atoms with Gasteiger partial charge in [-0.3, -0.25) is 14.4 Å². The second-order valence-electron chi connectivity index (χ2n) is 10.4. The van der Waals surface area contributed by atoms with Crippen LogP contribution in [0, 0.1) is 28.6 Å². The van der Waals surface area contributed by atoms with Crippen LogP contribution >= 0.6 is 23.4 Å². The molecule has 0 bridgehead atoms. The van der Waals surface area contributed by atoms with Gasteiger partial charge in [0.1, 0.15) is 0 Å². The van der Waals surface area contributed by atoms with Crippen molar-refractivity contribution in [1.82, 2.24) is 0 Å². The van der Waals surface area contributed by atoms with Crippen LogP contribution in [0.25, 0.3) is 0 Å². The van der Waals surface area contributed by atoms with Gasteiger partial charge in [-0.2, -0.15) is 11.8 Å². The molecular weight excluding hydrogens is 436 g/mol.